The topological polar surface area (TPSA) is 55.2 Å². The second-order valence-electron chi connectivity index (χ2n) is 8.61. The average molecular weight is 478 g/mol. The molecule has 0 radical (unpaired) electrons. The van der Waals surface area contributed by atoms with Crippen molar-refractivity contribution in [2.45, 2.75) is 26.8 Å². The number of nitrogens with zero attached hydrogens (tertiary/aromatic N) is 3. The highest BCUT2D eigenvalue weighted by molar-refractivity contribution is 6.33. The molecular formula is C27H25ClFN3O2. The highest BCUT2D eigenvalue weighted by atomic mass is 35.5. The van der Waals surface area contributed by atoms with Gasteiger partial charge in [-0.3, -0.25) is 14.2 Å². The summed E-state index contributed by atoms with van der Waals surface area (Å²) in [4.78, 5) is 33.7. The number of hydrogen-bond donors (Lipinski definition) is 0. The first-order valence-electron chi connectivity index (χ1n) is 11.1. The summed E-state index contributed by atoms with van der Waals surface area (Å²) in [6.07, 6.45) is 0. The molecular weight excluding hydrogens is 453 g/mol. The quantitative estimate of drug-likeness (QED) is 0.340. The molecule has 5 nitrogen and oxygen atoms in total. The predicted molar refractivity (Wildman–Crippen MR) is 133 cm³/mol. The number of carbonyl (C=O) groups is 1. The lowest BCUT2D eigenvalue weighted by Gasteiger charge is -2.32. The highest BCUT2D eigenvalue weighted by Gasteiger charge is 2.29. The molecule has 0 saturated heterocycles. The van der Waals surface area contributed by atoms with Gasteiger partial charge in [0.2, 0.25) is 0 Å². The van der Waals surface area contributed by atoms with Crippen LogP contribution in [0.3, 0.4) is 0 Å². The van der Waals surface area contributed by atoms with E-state index in [-0.39, 0.29) is 17.4 Å². The van der Waals surface area contributed by atoms with E-state index in [9.17, 15) is 14.0 Å². The van der Waals surface area contributed by atoms with E-state index in [1.165, 1.54) is 28.8 Å². The van der Waals surface area contributed by atoms with E-state index in [0.29, 0.717) is 39.5 Å². The fourth-order valence-electron chi connectivity index (χ4n) is 4.01. The summed E-state index contributed by atoms with van der Waals surface area (Å²) in [5, 5.41) is 0.798. The fraction of sp³-hybridized carbons (Fsp3) is 0.222. The van der Waals surface area contributed by atoms with Crippen molar-refractivity contribution >= 4 is 28.4 Å². The largest absolute Gasteiger partial charge is 0.328 e. The van der Waals surface area contributed by atoms with E-state index in [4.69, 9.17) is 16.6 Å². The minimum absolute atomic E-state index is 0.153. The maximum Gasteiger partial charge on any atom is 0.266 e. The van der Waals surface area contributed by atoms with E-state index >= 15 is 0 Å². The van der Waals surface area contributed by atoms with E-state index in [1.54, 1.807) is 47.4 Å². The van der Waals surface area contributed by atoms with Gasteiger partial charge in [0.05, 0.1) is 33.2 Å². The molecule has 0 saturated carbocycles. The van der Waals surface area contributed by atoms with Crippen molar-refractivity contribution in [1.82, 2.24) is 14.5 Å². The SMILES string of the molecule is CC(C)CN(C(=O)c1ccccc1Cl)C(C)c1nc2ccccc2c(=O)n1-c1ccc(F)cc1. The van der Waals surface area contributed by atoms with Crippen LogP contribution in [-0.2, 0) is 0 Å². The number of aromatic nitrogens is 2. The van der Waals surface area contributed by atoms with E-state index in [0.717, 1.165) is 0 Å². The molecule has 0 aliphatic carbocycles. The number of halogens is 2. The number of amides is 1. The Balaban J connectivity index is 1.93. The fourth-order valence-corrected chi connectivity index (χ4v) is 4.23. The summed E-state index contributed by atoms with van der Waals surface area (Å²) in [7, 11) is 0. The molecule has 1 aromatic heterocycles. The Morgan fingerprint density at radius 3 is 2.32 bits per heavy atom. The number of carbonyl (C=O) groups excluding carboxylic acids is 1. The Labute approximate surface area is 202 Å². The molecule has 1 unspecified atom stereocenters. The lowest BCUT2D eigenvalue weighted by atomic mass is 10.1. The number of hydrogen-bond acceptors (Lipinski definition) is 3. The van der Waals surface area contributed by atoms with Crippen molar-refractivity contribution in [2.75, 3.05) is 6.54 Å². The van der Waals surface area contributed by atoms with Gasteiger partial charge in [0.25, 0.3) is 11.5 Å². The Kier molecular flexibility index (Phi) is 6.80. The molecule has 7 heteroatoms. The van der Waals surface area contributed by atoms with Gasteiger partial charge in [-0.15, -0.1) is 0 Å². The molecule has 174 valence electrons. The number of fused-ring (bicyclic) bond motifs is 1. The monoisotopic (exact) mass is 477 g/mol. The first-order chi connectivity index (χ1) is 16.3. The Morgan fingerprint density at radius 1 is 1.00 bits per heavy atom. The van der Waals surface area contributed by atoms with Crippen molar-refractivity contribution in [3.8, 4) is 5.69 Å². The lowest BCUT2D eigenvalue weighted by molar-refractivity contribution is 0.0655. The molecule has 0 spiro atoms. The standard InChI is InChI=1S/C27H25ClFN3O2/c1-17(2)16-31(26(33)21-8-4-6-10-23(21)28)18(3)25-30-24-11-7-5-9-22(24)27(34)32(25)20-14-12-19(29)13-15-20/h4-15,17-18H,16H2,1-3H3. The minimum atomic E-state index is -0.575. The van der Waals surface area contributed by atoms with Crippen LogP contribution in [0.25, 0.3) is 16.6 Å². The Morgan fingerprint density at radius 2 is 1.65 bits per heavy atom. The zero-order chi connectivity index (χ0) is 24.4. The van der Waals surface area contributed by atoms with Gasteiger partial charge in [-0.05, 0) is 61.4 Å². The molecule has 0 aliphatic heterocycles. The second kappa shape index (κ2) is 9.77. The summed E-state index contributed by atoms with van der Waals surface area (Å²) < 4.78 is 15.1. The van der Waals surface area contributed by atoms with Gasteiger partial charge in [-0.2, -0.15) is 0 Å². The van der Waals surface area contributed by atoms with Gasteiger partial charge in [0, 0.05) is 6.54 Å². The molecule has 0 bridgehead atoms. The van der Waals surface area contributed by atoms with Crippen LogP contribution in [0, 0.1) is 11.7 Å². The van der Waals surface area contributed by atoms with Crippen LogP contribution in [0.2, 0.25) is 5.02 Å². The zero-order valence-electron chi connectivity index (χ0n) is 19.2. The highest BCUT2D eigenvalue weighted by Crippen LogP contribution is 2.27. The number of rotatable bonds is 6. The van der Waals surface area contributed by atoms with Crippen LogP contribution in [0.5, 0.6) is 0 Å². The third-order valence-corrected chi connectivity index (χ3v) is 5.98. The summed E-state index contributed by atoms with van der Waals surface area (Å²) in [5.41, 5.74) is 1.10. The van der Waals surface area contributed by atoms with Gasteiger partial charge in [-0.25, -0.2) is 9.37 Å². The molecule has 1 atom stereocenters. The Hall–Kier alpha value is -3.51. The molecule has 1 heterocycles. The average Bonchev–Trinajstić information content (AvgIpc) is 2.82. The lowest BCUT2D eigenvalue weighted by Crippen LogP contribution is -2.39. The van der Waals surface area contributed by atoms with E-state index in [2.05, 4.69) is 0 Å². The van der Waals surface area contributed by atoms with Crippen molar-refractivity contribution < 1.29 is 9.18 Å². The third-order valence-electron chi connectivity index (χ3n) is 5.65. The van der Waals surface area contributed by atoms with Crippen molar-refractivity contribution in [2.24, 2.45) is 5.92 Å². The first-order valence-corrected chi connectivity index (χ1v) is 11.5. The van der Waals surface area contributed by atoms with Gasteiger partial charge in [0.1, 0.15) is 11.6 Å². The van der Waals surface area contributed by atoms with E-state index in [1.807, 2.05) is 26.8 Å². The molecule has 4 aromatic rings. The van der Waals surface area contributed by atoms with Gasteiger partial charge in [0.15, 0.2) is 0 Å². The van der Waals surface area contributed by atoms with Gasteiger partial charge in [-0.1, -0.05) is 49.7 Å². The van der Waals surface area contributed by atoms with E-state index < -0.39 is 11.9 Å². The Bertz CT molecular complexity index is 1400. The molecule has 34 heavy (non-hydrogen) atoms. The van der Waals surface area contributed by atoms with Gasteiger partial charge >= 0.3 is 0 Å². The smallest absolute Gasteiger partial charge is 0.266 e. The number of benzene rings is 3. The van der Waals surface area contributed by atoms with Crippen LogP contribution in [0.4, 0.5) is 4.39 Å². The van der Waals surface area contributed by atoms with Crippen molar-refractivity contribution in [3.05, 3.63) is 105 Å². The molecule has 0 fully saturated rings. The van der Waals surface area contributed by atoms with Crippen LogP contribution in [0.15, 0.2) is 77.6 Å². The molecule has 4 rings (SSSR count). The van der Waals surface area contributed by atoms with Crippen LogP contribution in [-0.4, -0.2) is 26.9 Å². The molecule has 0 aliphatic rings. The first kappa shape index (κ1) is 23.6. The van der Waals surface area contributed by atoms with Gasteiger partial charge < -0.3 is 4.90 Å². The van der Waals surface area contributed by atoms with Crippen LogP contribution in [0.1, 0.15) is 43.0 Å². The molecule has 0 N–H and O–H groups in total. The normalized spacial score (nSPS) is 12.2. The van der Waals surface area contributed by atoms with Crippen molar-refractivity contribution in [1.29, 1.82) is 0 Å². The summed E-state index contributed by atoms with van der Waals surface area (Å²) in [6.45, 7) is 6.30. The zero-order valence-corrected chi connectivity index (χ0v) is 20.0. The summed E-state index contributed by atoms with van der Waals surface area (Å²) in [6, 6.07) is 19.0. The van der Waals surface area contributed by atoms with Crippen molar-refractivity contribution in [3.63, 3.8) is 0 Å². The predicted octanol–water partition coefficient (Wildman–Crippen LogP) is 6.04. The molecule has 3 aromatic carbocycles. The molecule has 1 amide bonds. The maximum absolute atomic E-state index is 13.6. The van der Waals surface area contributed by atoms with Crippen LogP contribution < -0.4 is 5.56 Å². The number of para-hydroxylation sites is 1. The summed E-state index contributed by atoms with van der Waals surface area (Å²) in [5.74, 6) is -0.118. The van der Waals surface area contributed by atoms with Crippen LogP contribution >= 0.6 is 11.6 Å². The third kappa shape index (κ3) is 4.59. The minimum Gasteiger partial charge on any atom is -0.328 e. The second-order valence-corrected chi connectivity index (χ2v) is 9.02. The summed E-state index contributed by atoms with van der Waals surface area (Å²) >= 11 is 6.34. The maximum atomic E-state index is 13.6.